The summed E-state index contributed by atoms with van der Waals surface area (Å²) in [6.07, 6.45) is -0.284. The van der Waals surface area contributed by atoms with Gasteiger partial charge in [-0.2, -0.15) is 0 Å². The van der Waals surface area contributed by atoms with Crippen molar-refractivity contribution in [2.45, 2.75) is 18.0 Å². The van der Waals surface area contributed by atoms with Crippen LogP contribution in [0.5, 0.6) is 5.75 Å². The molecular formula is C31H24N4O9. The largest absolute Gasteiger partial charge is 0.496 e. The number of methoxy groups -OCH3 is 1. The molecule has 13 heteroatoms. The molecule has 2 fully saturated rings. The number of carboxylic acids is 1. The molecule has 0 radical (unpaired) electrons. The molecule has 222 valence electrons. The standard InChI is InChI=1S/C31H24N4O9/c1-44-24-14-13-23(21-7-2-3-8-22(21)24)27-25-26(29(37)33(28(25)36)19-5-4-6-20(15-19)35(42)43)31(32-27,30(38)39)16-17-9-11-18(12-10-17)34(40)41/h2-15,25-27,32H,16H2,1H3,(H,38,39). The quantitative estimate of drug-likeness (QED) is 0.170. The number of aliphatic carboxylic acids is 1. The molecule has 6 rings (SSSR count). The van der Waals surface area contributed by atoms with E-state index in [0.29, 0.717) is 27.6 Å². The molecule has 44 heavy (non-hydrogen) atoms. The number of carbonyl (C=O) groups excluding carboxylic acids is 2. The number of nitro benzene ring substituents is 2. The van der Waals surface area contributed by atoms with Gasteiger partial charge in [0.25, 0.3) is 11.4 Å². The van der Waals surface area contributed by atoms with Crippen molar-refractivity contribution >= 4 is 45.6 Å². The summed E-state index contributed by atoms with van der Waals surface area (Å²) < 4.78 is 5.51. The van der Waals surface area contributed by atoms with E-state index in [9.17, 15) is 39.7 Å². The molecule has 2 heterocycles. The predicted molar refractivity (Wildman–Crippen MR) is 156 cm³/mol. The van der Waals surface area contributed by atoms with Crippen LogP contribution in [0.2, 0.25) is 0 Å². The molecule has 4 aromatic carbocycles. The van der Waals surface area contributed by atoms with Gasteiger partial charge in [0.15, 0.2) is 0 Å². The molecule has 2 aliphatic rings. The molecule has 2 N–H and O–H groups in total. The molecule has 4 atom stereocenters. The number of carboxylic acid groups (broad SMARTS) is 1. The van der Waals surface area contributed by atoms with Crippen molar-refractivity contribution in [3.63, 3.8) is 0 Å². The second-order valence-electron chi connectivity index (χ2n) is 10.7. The van der Waals surface area contributed by atoms with Crippen LogP contribution in [0.3, 0.4) is 0 Å². The van der Waals surface area contributed by atoms with Gasteiger partial charge in [-0.05, 0) is 28.6 Å². The van der Waals surface area contributed by atoms with Crippen LogP contribution in [-0.4, -0.2) is 45.4 Å². The summed E-state index contributed by atoms with van der Waals surface area (Å²) in [7, 11) is 1.51. The average Bonchev–Trinajstić information content (AvgIpc) is 3.50. The molecule has 4 unspecified atom stereocenters. The molecule has 0 saturated carbocycles. The molecule has 0 aromatic heterocycles. The number of anilines is 1. The smallest absolute Gasteiger partial charge is 0.325 e. The molecular weight excluding hydrogens is 572 g/mol. The summed E-state index contributed by atoms with van der Waals surface area (Å²) >= 11 is 0. The van der Waals surface area contributed by atoms with Gasteiger partial charge in [0.2, 0.25) is 11.8 Å². The lowest BCUT2D eigenvalue weighted by Gasteiger charge is -2.31. The van der Waals surface area contributed by atoms with Crippen LogP contribution < -0.4 is 15.0 Å². The highest BCUT2D eigenvalue weighted by atomic mass is 16.6. The fourth-order valence-corrected chi connectivity index (χ4v) is 6.51. The van der Waals surface area contributed by atoms with Gasteiger partial charge in [-0.15, -0.1) is 0 Å². The Bertz CT molecular complexity index is 1880. The zero-order valence-electron chi connectivity index (χ0n) is 23.1. The number of nitrogens with zero attached hydrogens (tertiary/aromatic N) is 3. The number of nitro groups is 2. The SMILES string of the molecule is COc1ccc(C2NC(Cc3ccc([N+](=O)[O-])cc3)(C(=O)O)C3C(=O)N(c4cccc([N+](=O)[O-])c4)C(=O)C23)c2ccccc12. The van der Waals surface area contributed by atoms with Crippen LogP contribution in [0.15, 0.2) is 84.9 Å². The Kier molecular flexibility index (Phi) is 6.81. The van der Waals surface area contributed by atoms with Crippen LogP contribution in [0.4, 0.5) is 17.1 Å². The highest BCUT2D eigenvalue weighted by Gasteiger charge is 2.68. The number of ether oxygens (including phenoxy) is 1. The van der Waals surface area contributed by atoms with E-state index in [1.807, 2.05) is 12.1 Å². The molecule has 0 bridgehead atoms. The summed E-state index contributed by atoms with van der Waals surface area (Å²) in [5.41, 5.74) is -1.65. The Morgan fingerprint density at radius 1 is 0.909 bits per heavy atom. The van der Waals surface area contributed by atoms with E-state index in [2.05, 4.69) is 5.32 Å². The summed E-state index contributed by atoms with van der Waals surface area (Å²) in [6.45, 7) is 0. The number of hydrogen-bond donors (Lipinski definition) is 2. The van der Waals surface area contributed by atoms with Crippen molar-refractivity contribution in [2.75, 3.05) is 12.0 Å². The van der Waals surface area contributed by atoms with E-state index in [4.69, 9.17) is 4.74 Å². The number of fused-ring (bicyclic) bond motifs is 2. The maximum absolute atomic E-state index is 14.2. The first-order valence-electron chi connectivity index (χ1n) is 13.5. The molecule has 2 amide bonds. The summed E-state index contributed by atoms with van der Waals surface area (Å²) in [4.78, 5) is 63.9. The van der Waals surface area contributed by atoms with Crippen LogP contribution in [0.1, 0.15) is 17.2 Å². The fraction of sp³-hybridized carbons (Fsp3) is 0.194. The first kappa shape index (κ1) is 28.4. The third-order valence-corrected chi connectivity index (χ3v) is 8.44. The topological polar surface area (TPSA) is 182 Å². The Labute approximate surface area is 249 Å². The van der Waals surface area contributed by atoms with Gasteiger partial charge in [0.1, 0.15) is 11.3 Å². The third kappa shape index (κ3) is 4.32. The summed E-state index contributed by atoms with van der Waals surface area (Å²) in [6, 6.07) is 20.0. The third-order valence-electron chi connectivity index (χ3n) is 8.44. The number of hydrogen-bond acceptors (Lipinski definition) is 9. The number of nitrogens with one attached hydrogen (secondary N) is 1. The Balaban J connectivity index is 1.54. The number of non-ortho nitro benzene ring substituents is 2. The van der Waals surface area contributed by atoms with E-state index in [0.717, 1.165) is 11.0 Å². The molecule has 0 spiro atoms. The lowest BCUT2D eigenvalue weighted by Crippen LogP contribution is -2.57. The minimum atomic E-state index is -2.02. The van der Waals surface area contributed by atoms with E-state index in [1.165, 1.54) is 49.6 Å². The number of rotatable bonds is 8. The zero-order valence-corrected chi connectivity index (χ0v) is 23.1. The molecule has 2 aliphatic heterocycles. The normalized spacial score (nSPS) is 22.7. The summed E-state index contributed by atoms with van der Waals surface area (Å²) in [5.74, 6) is -4.99. The van der Waals surface area contributed by atoms with Gasteiger partial charge in [-0.25, -0.2) is 4.90 Å². The average molecular weight is 597 g/mol. The van der Waals surface area contributed by atoms with Crippen molar-refractivity contribution in [3.8, 4) is 5.75 Å². The van der Waals surface area contributed by atoms with E-state index in [1.54, 1.807) is 24.3 Å². The van der Waals surface area contributed by atoms with Crippen LogP contribution in [0, 0.1) is 32.1 Å². The Morgan fingerprint density at radius 2 is 1.59 bits per heavy atom. The van der Waals surface area contributed by atoms with Crippen molar-refractivity contribution in [1.29, 1.82) is 0 Å². The molecule has 13 nitrogen and oxygen atoms in total. The molecule has 4 aromatic rings. The van der Waals surface area contributed by atoms with Gasteiger partial charge < -0.3 is 9.84 Å². The highest BCUT2D eigenvalue weighted by Crippen LogP contribution is 2.52. The van der Waals surface area contributed by atoms with Gasteiger partial charge in [-0.3, -0.25) is 39.9 Å². The van der Waals surface area contributed by atoms with Crippen LogP contribution in [0.25, 0.3) is 10.8 Å². The van der Waals surface area contributed by atoms with Gasteiger partial charge >= 0.3 is 5.97 Å². The molecule has 0 aliphatic carbocycles. The Morgan fingerprint density at radius 3 is 2.23 bits per heavy atom. The zero-order chi connectivity index (χ0) is 31.3. The van der Waals surface area contributed by atoms with Crippen molar-refractivity contribution < 1.29 is 34.1 Å². The van der Waals surface area contributed by atoms with Gasteiger partial charge in [0.05, 0.1) is 34.5 Å². The van der Waals surface area contributed by atoms with Crippen molar-refractivity contribution in [1.82, 2.24) is 5.32 Å². The minimum absolute atomic E-state index is 0.0448. The van der Waals surface area contributed by atoms with Crippen LogP contribution >= 0.6 is 0 Å². The molecule has 2 saturated heterocycles. The van der Waals surface area contributed by atoms with Gasteiger partial charge in [0, 0.05) is 42.1 Å². The summed E-state index contributed by atoms with van der Waals surface area (Å²) in [5, 5.41) is 38.0. The number of benzene rings is 4. The van der Waals surface area contributed by atoms with Crippen molar-refractivity contribution in [3.05, 3.63) is 116 Å². The minimum Gasteiger partial charge on any atom is -0.496 e. The second-order valence-corrected chi connectivity index (χ2v) is 10.7. The van der Waals surface area contributed by atoms with E-state index < -0.39 is 51.0 Å². The van der Waals surface area contributed by atoms with E-state index >= 15 is 0 Å². The van der Waals surface area contributed by atoms with Gasteiger partial charge in [-0.1, -0.05) is 48.5 Å². The number of imide groups is 1. The Hall–Kier alpha value is -5.69. The monoisotopic (exact) mass is 596 g/mol. The number of carbonyl (C=O) groups is 3. The maximum Gasteiger partial charge on any atom is 0.325 e. The first-order chi connectivity index (χ1) is 21.1. The van der Waals surface area contributed by atoms with E-state index in [-0.39, 0.29) is 23.5 Å². The predicted octanol–water partition coefficient (Wildman–Crippen LogP) is 4.18. The number of amides is 2. The fourth-order valence-electron chi connectivity index (χ4n) is 6.51. The highest BCUT2D eigenvalue weighted by molar-refractivity contribution is 6.24. The lowest BCUT2D eigenvalue weighted by molar-refractivity contribution is -0.385. The second kappa shape index (κ2) is 10.5. The van der Waals surface area contributed by atoms with Crippen LogP contribution in [-0.2, 0) is 20.8 Å². The maximum atomic E-state index is 14.2. The first-order valence-corrected chi connectivity index (χ1v) is 13.5. The van der Waals surface area contributed by atoms with Crippen molar-refractivity contribution in [2.24, 2.45) is 11.8 Å². The lowest BCUT2D eigenvalue weighted by atomic mass is 9.76.